The SMILES string of the molecule is CCCC(N)c1ccc(-c2cccc(Cl)c2)s1. The van der Waals surface area contributed by atoms with Crippen molar-refractivity contribution in [2.24, 2.45) is 5.73 Å². The Hall–Kier alpha value is -0.830. The van der Waals surface area contributed by atoms with Gasteiger partial charge in [0.25, 0.3) is 0 Å². The molecule has 1 heterocycles. The Morgan fingerprint density at radius 1 is 1.29 bits per heavy atom. The predicted molar refractivity (Wildman–Crippen MR) is 76.6 cm³/mol. The van der Waals surface area contributed by atoms with Crippen molar-refractivity contribution in [1.82, 2.24) is 0 Å². The highest BCUT2D eigenvalue weighted by molar-refractivity contribution is 7.15. The number of nitrogens with two attached hydrogens (primary N) is 1. The van der Waals surface area contributed by atoms with Crippen molar-refractivity contribution in [3.8, 4) is 10.4 Å². The largest absolute Gasteiger partial charge is 0.323 e. The molecule has 0 amide bonds. The highest BCUT2D eigenvalue weighted by Crippen LogP contribution is 2.32. The lowest BCUT2D eigenvalue weighted by atomic mass is 10.1. The van der Waals surface area contributed by atoms with Crippen LogP contribution in [0.1, 0.15) is 30.7 Å². The molecule has 1 atom stereocenters. The molecule has 2 rings (SSSR count). The van der Waals surface area contributed by atoms with E-state index in [1.54, 1.807) is 11.3 Å². The molecule has 0 radical (unpaired) electrons. The van der Waals surface area contributed by atoms with Crippen LogP contribution in [-0.2, 0) is 0 Å². The van der Waals surface area contributed by atoms with Gasteiger partial charge in [-0.25, -0.2) is 0 Å². The second-order valence-corrected chi connectivity index (χ2v) is 5.66. The number of rotatable bonds is 4. The maximum atomic E-state index is 6.11. The summed E-state index contributed by atoms with van der Waals surface area (Å²) in [5.41, 5.74) is 7.28. The third-order valence-corrected chi connectivity index (χ3v) is 4.20. The van der Waals surface area contributed by atoms with Crippen molar-refractivity contribution in [1.29, 1.82) is 0 Å². The second-order valence-electron chi connectivity index (χ2n) is 4.11. The Morgan fingerprint density at radius 3 is 2.82 bits per heavy atom. The van der Waals surface area contributed by atoms with Crippen molar-refractivity contribution in [2.75, 3.05) is 0 Å². The van der Waals surface area contributed by atoms with E-state index in [0.717, 1.165) is 23.4 Å². The van der Waals surface area contributed by atoms with Crippen molar-refractivity contribution >= 4 is 22.9 Å². The molecular formula is C14H16ClNS. The lowest BCUT2D eigenvalue weighted by Gasteiger charge is -2.06. The van der Waals surface area contributed by atoms with Crippen molar-refractivity contribution in [3.63, 3.8) is 0 Å². The Balaban J connectivity index is 2.23. The molecule has 1 aromatic heterocycles. The van der Waals surface area contributed by atoms with Crippen molar-refractivity contribution in [2.45, 2.75) is 25.8 Å². The minimum Gasteiger partial charge on any atom is -0.323 e. The number of thiophene rings is 1. The molecule has 3 heteroatoms. The van der Waals surface area contributed by atoms with E-state index in [4.69, 9.17) is 17.3 Å². The monoisotopic (exact) mass is 265 g/mol. The minimum absolute atomic E-state index is 0.165. The minimum atomic E-state index is 0.165. The van der Waals surface area contributed by atoms with E-state index in [2.05, 4.69) is 25.1 Å². The molecule has 0 fully saturated rings. The molecule has 0 saturated carbocycles. The van der Waals surface area contributed by atoms with Gasteiger partial charge in [-0.1, -0.05) is 37.1 Å². The van der Waals surface area contributed by atoms with E-state index in [1.807, 2.05) is 18.2 Å². The number of benzene rings is 1. The molecule has 90 valence electrons. The van der Waals surface area contributed by atoms with Gasteiger partial charge >= 0.3 is 0 Å². The Labute approximate surface area is 111 Å². The van der Waals surface area contributed by atoms with Gasteiger partial charge in [0.05, 0.1) is 0 Å². The molecule has 0 bridgehead atoms. The summed E-state index contributed by atoms with van der Waals surface area (Å²) < 4.78 is 0. The Kier molecular flexibility index (Phi) is 4.21. The Morgan fingerprint density at radius 2 is 2.12 bits per heavy atom. The van der Waals surface area contributed by atoms with E-state index in [1.165, 1.54) is 9.75 Å². The van der Waals surface area contributed by atoms with E-state index >= 15 is 0 Å². The van der Waals surface area contributed by atoms with Crippen LogP contribution in [0.5, 0.6) is 0 Å². The van der Waals surface area contributed by atoms with Gasteiger partial charge < -0.3 is 5.73 Å². The first kappa shape index (κ1) is 12.6. The van der Waals surface area contributed by atoms with Gasteiger partial charge in [0.1, 0.15) is 0 Å². The standard InChI is InChI=1S/C14H16ClNS/c1-2-4-12(16)14-8-7-13(17-14)10-5-3-6-11(15)9-10/h3,5-9,12H,2,4,16H2,1H3. The average molecular weight is 266 g/mol. The van der Waals surface area contributed by atoms with Gasteiger partial charge in [-0.05, 0) is 36.2 Å². The van der Waals surface area contributed by atoms with Gasteiger partial charge in [-0.2, -0.15) is 0 Å². The first-order valence-corrected chi connectivity index (χ1v) is 7.01. The highest BCUT2D eigenvalue weighted by Gasteiger charge is 2.09. The summed E-state index contributed by atoms with van der Waals surface area (Å²) in [4.78, 5) is 2.48. The molecule has 0 aliphatic heterocycles. The summed E-state index contributed by atoms with van der Waals surface area (Å²) in [7, 11) is 0. The maximum absolute atomic E-state index is 6.11. The fraction of sp³-hybridized carbons (Fsp3) is 0.286. The van der Waals surface area contributed by atoms with Gasteiger partial charge in [0, 0.05) is 20.8 Å². The molecule has 2 aromatic rings. The van der Waals surface area contributed by atoms with Crippen LogP contribution in [0.15, 0.2) is 36.4 Å². The topological polar surface area (TPSA) is 26.0 Å². The lowest BCUT2D eigenvalue weighted by Crippen LogP contribution is -2.07. The van der Waals surface area contributed by atoms with Crippen LogP contribution in [0.3, 0.4) is 0 Å². The van der Waals surface area contributed by atoms with Crippen LogP contribution < -0.4 is 5.73 Å². The van der Waals surface area contributed by atoms with Crippen LogP contribution in [0.25, 0.3) is 10.4 Å². The molecule has 17 heavy (non-hydrogen) atoms. The van der Waals surface area contributed by atoms with Gasteiger partial charge in [0.2, 0.25) is 0 Å². The second kappa shape index (κ2) is 5.67. The average Bonchev–Trinajstić information content (AvgIpc) is 2.78. The maximum Gasteiger partial charge on any atom is 0.0412 e. The zero-order chi connectivity index (χ0) is 12.3. The predicted octanol–water partition coefficient (Wildman–Crippen LogP) is 4.87. The fourth-order valence-corrected chi connectivity index (χ4v) is 3.03. The van der Waals surface area contributed by atoms with Gasteiger partial charge in [0.15, 0.2) is 0 Å². The third kappa shape index (κ3) is 3.09. The van der Waals surface area contributed by atoms with E-state index < -0.39 is 0 Å². The molecule has 1 aromatic carbocycles. The summed E-state index contributed by atoms with van der Waals surface area (Å²) in [6.07, 6.45) is 2.15. The summed E-state index contributed by atoms with van der Waals surface area (Å²) in [5.74, 6) is 0. The number of hydrogen-bond donors (Lipinski definition) is 1. The first-order valence-electron chi connectivity index (χ1n) is 5.82. The summed E-state index contributed by atoms with van der Waals surface area (Å²) in [6, 6.07) is 12.3. The zero-order valence-corrected chi connectivity index (χ0v) is 11.4. The fourth-order valence-electron chi connectivity index (χ4n) is 1.80. The summed E-state index contributed by atoms with van der Waals surface area (Å²) in [6.45, 7) is 2.16. The van der Waals surface area contributed by atoms with Gasteiger partial charge in [-0.3, -0.25) is 0 Å². The summed E-state index contributed by atoms with van der Waals surface area (Å²) >= 11 is 7.75. The molecule has 0 spiro atoms. The normalized spacial score (nSPS) is 12.6. The molecule has 0 aliphatic carbocycles. The van der Waals surface area contributed by atoms with Crippen LogP contribution in [-0.4, -0.2) is 0 Å². The summed E-state index contributed by atoms with van der Waals surface area (Å²) in [5, 5.41) is 0.773. The highest BCUT2D eigenvalue weighted by atomic mass is 35.5. The van der Waals surface area contributed by atoms with Gasteiger partial charge in [-0.15, -0.1) is 11.3 Å². The molecule has 2 N–H and O–H groups in total. The third-order valence-electron chi connectivity index (χ3n) is 2.70. The van der Waals surface area contributed by atoms with Crippen LogP contribution >= 0.6 is 22.9 Å². The molecular weight excluding hydrogens is 250 g/mol. The van der Waals surface area contributed by atoms with Crippen molar-refractivity contribution in [3.05, 3.63) is 46.3 Å². The molecule has 0 saturated heterocycles. The van der Waals surface area contributed by atoms with E-state index in [-0.39, 0.29) is 6.04 Å². The number of hydrogen-bond acceptors (Lipinski definition) is 2. The lowest BCUT2D eigenvalue weighted by molar-refractivity contribution is 0.648. The first-order chi connectivity index (χ1) is 8.20. The number of halogens is 1. The van der Waals surface area contributed by atoms with E-state index in [9.17, 15) is 0 Å². The smallest absolute Gasteiger partial charge is 0.0412 e. The quantitative estimate of drug-likeness (QED) is 0.839. The van der Waals surface area contributed by atoms with E-state index in [0.29, 0.717) is 0 Å². The molecule has 1 unspecified atom stereocenters. The molecule has 0 aliphatic rings. The van der Waals surface area contributed by atoms with Crippen LogP contribution in [0, 0.1) is 0 Å². The van der Waals surface area contributed by atoms with Crippen molar-refractivity contribution < 1.29 is 0 Å². The Bertz CT molecular complexity index is 492. The zero-order valence-electron chi connectivity index (χ0n) is 9.82. The molecule has 1 nitrogen and oxygen atoms in total. The van der Waals surface area contributed by atoms with Crippen LogP contribution in [0.4, 0.5) is 0 Å². The van der Waals surface area contributed by atoms with Crippen LogP contribution in [0.2, 0.25) is 5.02 Å².